The van der Waals surface area contributed by atoms with Crippen molar-refractivity contribution in [1.82, 2.24) is 4.98 Å². The van der Waals surface area contributed by atoms with Gasteiger partial charge in [0, 0.05) is 4.88 Å². The van der Waals surface area contributed by atoms with E-state index in [9.17, 15) is 0 Å². The summed E-state index contributed by atoms with van der Waals surface area (Å²) < 4.78 is 0. The quantitative estimate of drug-likeness (QED) is 0.879. The Hall–Kier alpha value is -1.06. The van der Waals surface area contributed by atoms with Gasteiger partial charge in [-0.05, 0) is 32.9 Å². The van der Waals surface area contributed by atoms with Gasteiger partial charge in [0.1, 0.15) is 0 Å². The van der Waals surface area contributed by atoms with E-state index in [1.165, 1.54) is 4.88 Å². The van der Waals surface area contributed by atoms with Gasteiger partial charge in [-0.3, -0.25) is 0 Å². The maximum atomic E-state index is 6.12. The average Bonchev–Trinajstić information content (AvgIpc) is 2.61. The summed E-state index contributed by atoms with van der Waals surface area (Å²) in [4.78, 5) is 5.81. The first-order chi connectivity index (χ1) is 8.08. The zero-order valence-corrected chi connectivity index (χ0v) is 11.7. The number of thiazole rings is 1. The van der Waals surface area contributed by atoms with Crippen LogP contribution >= 0.6 is 22.9 Å². The lowest BCUT2D eigenvalue weighted by molar-refractivity contribution is 0.837. The Balaban J connectivity index is 2.20. The molecule has 90 valence electrons. The summed E-state index contributed by atoms with van der Waals surface area (Å²) in [6, 6.07) is 7.93. The first-order valence-corrected chi connectivity index (χ1v) is 6.72. The van der Waals surface area contributed by atoms with E-state index in [2.05, 4.69) is 24.1 Å². The monoisotopic (exact) mass is 266 g/mol. The Morgan fingerprint density at radius 3 is 2.59 bits per heavy atom. The second-order valence-electron chi connectivity index (χ2n) is 4.02. The van der Waals surface area contributed by atoms with Crippen LogP contribution in [-0.2, 0) is 0 Å². The molecule has 2 aromatic rings. The van der Waals surface area contributed by atoms with Crippen LogP contribution in [0.1, 0.15) is 28.5 Å². The summed E-state index contributed by atoms with van der Waals surface area (Å²) in [6.07, 6.45) is 0. The third kappa shape index (κ3) is 2.79. The smallest absolute Gasteiger partial charge is 0.0901 e. The molecule has 0 aliphatic heterocycles. The minimum atomic E-state index is 0.167. The number of nitrogens with one attached hydrogen (secondary N) is 1. The zero-order chi connectivity index (χ0) is 12.4. The topological polar surface area (TPSA) is 24.9 Å². The van der Waals surface area contributed by atoms with E-state index in [0.717, 1.165) is 21.4 Å². The number of hydrogen-bond donors (Lipinski definition) is 1. The molecule has 0 aliphatic rings. The van der Waals surface area contributed by atoms with Crippen LogP contribution in [-0.4, -0.2) is 4.98 Å². The van der Waals surface area contributed by atoms with Crippen LogP contribution in [0.2, 0.25) is 5.02 Å². The molecule has 0 aliphatic carbocycles. The molecular formula is C13H15ClN2S. The molecule has 0 bridgehead atoms. The second-order valence-corrected chi connectivity index (χ2v) is 5.83. The highest BCUT2D eigenvalue weighted by molar-refractivity contribution is 7.11. The van der Waals surface area contributed by atoms with Crippen LogP contribution in [0.3, 0.4) is 0 Å². The number of aryl methyl sites for hydroxylation is 2. The molecule has 1 atom stereocenters. The van der Waals surface area contributed by atoms with Gasteiger partial charge in [0.15, 0.2) is 0 Å². The van der Waals surface area contributed by atoms with E-state index in [1.54, 1.807) is 11.3 Å². The van der Waals surface area contributed by atoms with Gasteiger partial charge in [-0.2, -0.15) is 0 Å². The van der Waals surface area contributed by atoms with Gasteiger partial charge >= 0.3 is 0 Å². The van der Waals surface area contributed by atoms with Crippen molar-refractivity contribution in [3.8, 4) is 0 Å². The predicted molar refractivity (Wildman–Crippen MR) is 75.1 cm³/mol. The molecule has 1 aromatic heterocycles. The van der Waals surface area contributed by atoms with Crippen LogP contribution < -0.4 is 5.32 Å². The van der Waals surface area contributed by atoms with Gasteiger partial charge in [-0.1, -0.05) is 23.7 Å². The van der Waals surface area contributed by atoms with Crippen molar-refractivity contribution in [2.75, 3.05) is 5.32 Å². The summed E-state index contributed by atoms with van der Waals surface area (Å²) in [6.45, 7) is 6.24. The molecule has 0 saturated carbocycles. The van der Waals surface area contributed by atoms with Crippen molar-refractivity contribution in [2.24, 2.45) is 0 Å². The number of benzene rings is 1. The van der Waals surface area contributed by atoms with Crippen LogP contribution in [0.15, 0.2) is 24.3 Å². The lowest BCUT2D eigenvalue weighted by Crippen LogP contribution is -2.08. The predicted octanol–water partition coefficient (Wildman–Crippen LogP) is 4.59. The molecule has 1 N–H and O–H groups in total. The van der Waals surface area contributed by atoms with Crippen LogP contribution in [0, 0.1) is 13.8 Å². The Morgan fingerprint density at radius 1 is 1.29 bits per heavy atom. The van der Waals surface area contributed by atoms with Gasteiger partial charge in [0.2, 0.25) is 0 Å². The third-order valence-corrected chi connectivity index (χ3v) is 3.83. The molecule has 0 spiro atoms. The van der Waals surface area contributed by atoms with E-state index >= 15 is 0 Å². The third-order valence-electron chi connectivity index (χ3n) is 2.60. The van der Waals surface area contributed by atoms with E-state index in [0.29, 0.717) is 0 Å². The first-order valence-electron chi connectivity index (χ1n) is 5.53. The molecule has 2 rings (SSSR count). The van der Waals surface area contributed by atoms with Gasteiger partial charge in [0.05, 0.1) is 27.5 Å². The average molecular weight is 267 g/mol. The summed E-state index contributed by atoms with van der Waals surface area (Å²) in [7, 11) is 0. The minimum absolute atomic E-state index is 0.167. The van der Waals surface area contributed by atoms with Crippen molar-refractivity contribution in [3.63, 3.8) is 0 Å². The standard InChI is InChI=1S/C13H15ClN2S/c1-8(13-9(2)17-10(3)16-13)15-12-7-5-4-6-11(12)14/h4-8,15H,1-3H3. The van der Waals surface area contributed by atoms with Crippen molar-refractivity contribution < 1.29 is 0 Å². The van der Waals surface area contributed by atoms with Crippen molar-refractivity contribution >= 4 is 28.6 Å². The fourth-order valence-corrected chi connectivity index (χ4v) is 2.93. The van der Waals surface area contributed by atoms with Crippen LogP contribution in [0.25, 0.3) is 0 Å². The molecule has 17 heavy (non-hydrogen) atoms. The molecule has 4 heteroatoms. The highest BCUT2D eigenvalue weighted by Gasteiger charge is 2.13. The number of hydrogen-bond acceptors (Lipinski definition) is 3. The van der Waals surface area contributed by atoms with Crippen LogP contribution in [0.5, 0.6) is 0 Å². The van der Waals surface area contributed by atoms with E-state index < -0.39 is 0 Å². The Bertz CT molecular complexity index is 522. The number of halogens is 1. The number of anilines is 1. The molecule has 0 radical (unpaired) electrons. The fourth-order valence-electron chi connectivity index (χ4n) is 1.83. The largest absolute Gasteiger partial charge is 0.376 e. The lowest BCUT2D eigenvalue weighted by atomic mass is 10.2. The minimum Gasteiger partial charge on any atom is -0.376 e. The molecule has 2 nitrogen and oxygen atoms in total. The normalized spacial score (nSPS) is 12.5. The molecule has 0 amide bonds. The summed E-state index contributed by atoms with van der Waals surface area (Å²) in [5.74, 6) is 0. The number of nitrogens with zero attached hydrogens (tertiary/aromatic N) is 1. The van der Waals surface area contributed by atoms with Crippen molar-refractivity contribution in [2.45, 2.75) is 26.8 Å². The number of para-hydroxylation sites is 1. The molecule has 0 fully saturated rings. The Morgan fingerprint density at radius 2 is 2.00 bits per heavy atom. The fraction of sp³-hybridized carbons (Fsp3) is 0.308. The second kappa shape index (κ2) is 5.07. The molecule has 1 unspecified atom stereocenters. The molecular weight excluding hydrogens is 252 g/mol. The molecule has 1 heterocycles. The Kier molecular flexibility index (Phi) is 3.69. The van der Waals surface area contributed by atoms with Crippen molar-refractivity contribution in [3.05, 3.63) is 44.9 Å². The number of rotatable bonds is 3. The summed E-state index contributed by atoms with van der Waals surface area (Å²) in [5.41, 5.74) is 2.05. The van der Waals surface area contributed by atoms with Gasteiger partial charge < -0.3 is 5.32 Å². The highest BCUT2D eigenvalue weighted by atomic mass is 35.5. The van der Waals surface area contributed by atoms with Gasteiger partial charge in [0.25, 0.3) is 0 Å². The van der Waals surface area contributed by atoms with Crippen molar-refractivity contribution in [1.29, 1.82) is 0 Å². The molecule has 1 aromatic carbocycles. The first kappa shape index (κ1) is 12.4. The maximum absolute atomic E-state index is 6.12. The van der Waals surface area contributed by atoms with E-state index in [1.807, 2.05) is 31.2 Å². The maximum Gasteiger partial charge on any atom is 0.0901 e. The van der Waals surface area contributed by atoms with Gasteiger partial charge in [-0.15, -0.1) is 11.3 Å². The Labute approximate surface area is 111 Å². The SMILES string of the molecule is Cc1nc(C(C)Nc2ccccc2Cl)c(C)s1. The highest BCUT2D eigenvalue weighted by Crippen LogP contribution is 2.28. The zero-order valence-electron chi connectivity index (χ0n) is 10.1. The summed E-state index contributed by atoms with van der Waals surface area (Å²) >= 11 is 7.85. The summed E-state index contributed by atoms with van der Waals surface area (Å²) in [5, 5.41) is 5.23. The lowest BCUT2D eigenvalue weighted by Gasteiger charge is -2.15. The molecule has 0 saturated heterocycles. The number of aromatic nitrogens is 1. The van der Waals surface area contributed by atoms with E-state index in [4.69, 9.17) is 11.6 Å². The van der Waals surface area contributed by atoms with Gasteiger partial charge in [-0.25, -0.2) is 4.98 Å². The van der Waals surface area contributed by atoms with Crippen LogP contribution in [0.4, 0.5) is 5.69 Å². The van der Waals surface area contributed by atoms with E-state index in [-0.39, 0.29) is 6.04 Å².